The number of hydrogen-bond acceptors (Lipinski definition) is 3. The lowest BCUT2D eigenvalue weighted by atomic mass is 9.75. The Labute approximate surface area is 131 Å². The molecule has 3 nitrogen and oxygen atoms in total. The van der Waals surface area contributed by atoms with Crippen LogP contribution in [0.3, 0.4) is 0 Å². The first-order valence-corrected chi connectivity index (χ1v) is 8.76. The van der Waals surface area contributed by atoms with Gasteiger partial charge in [-0.1, -0.05) is 12.8 Å². The minimum absolute atomic E-state index is 0.0276. The van der Waals surface area contributed by atoms with Crippen LogP contribution in [0.25, 0.3) is 0 Å². The normalized spacial score (nSPS) is 27.9. The Morgan fingerprint density at radius 2 is 2.00 bits per heavy atom. The van der Waals surface area contributed by atoms with Gasteiger partial charge in [-0.3, -0.25) is 14.9 Å². The zero-order valence-electron chi connectivity index (χ0n) is 11.4. The summed E-state index contributed by atoms with van der Waals surface area (Å²) in [7, 11) is 0. The van der Waals surface area contributed by atoms with E-state index in [4.69, 9.17) is 0 Å². The molecule has 1 aromatic rings. The highest BCUT2D eigenvalue weighted by Gasteiger charge is 2.42. The van der Waals surface area contributed by atoms with Gasteiger partial charge in [0.15, 0.2) is 0 Å². The Bertz CT molecular complexity index is 529. The molecular weight excluding hydrogens is 338 g/mol. The monoisotopic (exact) mass is 355 g/mol. The number of piperidine rings is 1. The number of amides is 2. The molecule has 2 aliphatic rings. The van der Waals surface area contributed by atoms with E-state index in [1.165, 1.54) is 22.6 Å². The third-order valence-electron chi connectivity index (χ3n) is 4.55. The Hall–Kier alpha value is -0.680. The highest BCUT2D eigenvalue weighted by Crippen LogP contribution is 2.45. The van der Waals surface area contributed by atoms with Crippen molar-refractivity contribution >= 4 is 39.1 Å². The first-order valence-electron chi connectivity index (χ1n) is 7.16. The summed E-state index contributed by atoms with van der Waals surface area (Å²) in [4.78, 5) is 26.5. The van der Waals surface area contributed by atoms with E-state index >= 15 is 0 Å². The fourth-order valence-corrected chi connectivity index (χ4v) is 5.29. The highest BCUT2D eigenvalue weighted by molar-refractivity contribution is 9.10. The van der Waals surface area contributed by atoms with E-state index in [-0.39, 0.29) is 23.7 Å². The van der Waals surface area contributed by atoms with E-state index in [0.717, 1.165) is 17.3 Å². The topological polar surface area (TPSA) is 46.2 Å². The van der Waals surface area contributed by atoms with E-state index in [2.05, 4.69) is 34.2 Å². The Kier molecular flexibility index (Phi) is 4.00. The third-order valence-corrected chi connectivity index (χ3v) is 6.82. The predicted molar refractivity (Wildman–Crippen MR) is 82.7 cm³/mol. The van der Waals surface area contributed by atoms with Crippen molar-refractivity contribution in [1.82, 2.24) is 5.32 Å². The molecule has 1 aliphatic carbocycles. The maximum atomic E-state index is 12.3. The average molecular weight is 356 g/mol. The minimum atomic E-state index is -0.128. The molecule has 108 valence electrons. The minimum Gasteiger partial charge on any atom is -0.296 e. The SMILES string of the molecule is Cc1sc(C2CC(=O)NC(=O)C2C2CCCC2)cc1Br. The van der Waals surface area contributed by atoms with E-state index < -0.39 is 0 Å². The molecule has 1 saturated heterocycles. The Balaban J connectivity index is 1.94. The molecule has 2 unspecified atom stereocenters. The van der Waals surface area contributed by atoms with Crippen LogP contribution in [-0.2, 0) is 9.59 Å². The summed E-state index contributed by atoms with van der Waals surface area (Å²) in [6.07, 6.45) is 5.10. The van der Waals surface area contributed by atoms with Gasteiger partial charge in [-0.25, -0.2) is 0 Å². The van der Waals surface area contributed by atoms with Crippen LogP contribution >= 0.6 is 27.3 Å². The van der Waals surface area contributed by atoms with Crippen LogP contribution < -0.4 is 5.32 Å². The summed E-state index contributed by atoms with van der Waals surface area (Å²) in [5, 5.41) is 2.54. The van der Waals surface area contributed by atoms with Crippen molar-refractivity contribution < 1.29 is 9.59 Å². The predicted octanol–water partition coefficient (Wildman–Crippen LogP) is 3.76. The van der Waals surface area contributed by atoms with Gasteiger partial charge in [0.1, 0.15) is 0 Å². The second-order valence-corrected chi connectivity index (χ2v) is 7.99. The quantitative estimate of drug-likeness (QED) is 0.821. The lowest BCUT2D eigenvalue weighted by Crippen LogP contribution is -2.47. The molecule has 0 bridgehead atoms. The molecule has 1 saturated carbocycles. The van der Waals surface area contributed by atoms with Crippen LogP contribution in [-0.4, -0.2) is 11.8 Å². The lowest BCUT2D eigenvalue weighted by molar-refractivity contribution is -0.138. The van der Waals surface area contributed by atoms with Crippen LogP contribution in [0.15, 0.2) is 10.5 Å². The van der Waals surface area contributed by atoms with Gasteiger partial charge in [-0.15, -0.1) is 11.3 Å². The average Bonchev–Trinajstić information content (AvgIpc) is 2.99. The fraction of sp³-hybridized carbons (Fsp3) is 0.600. The van der Waals surface area contributed by atoms with Gasteiger partial charge in [0.2, 0.25) is 11.8 Å². The molecule has 2 heterocycles. The molecule has 1 aromatic heterocycles. The van der Waals surface area contributed by atoms with E-state index in [0.29, 0.717) is 12.3 Å². The number of carbonyl (C=O) groups is 2. The number of thiophene rings is 1. The first-order chi connectivity index (χ1) is 9.56. The van der Waals surface area contributed by atoms with Crippen molar-refractivity contribution in [1.29, 1.82) is 0 Å². The molecule has 2 amide bonds. The second kappa shape index (κ2) is 5.60. The number of hydrogen-bond donors (Lipinski definition) is 1. The molecule has 3 rings (SSSR count). The summed E-state index contributed by atoms with van der Waals surface area (Å²) < 4.78 is 1.08. The summed E-state index contributed by atoms with van der Waals surface area (Å²) in [6, 6.07) is 2.10. The Morgan fingerprint density at radius 1 is 1.30 bits per heavy atom. The van der Waals surface area contributed by atoms with Gasteiger partial charge in [-0.2, -0.15) is 0 Å². The number of imide groups is 1. The van der Waals surface area contributed by atoms with E-state index in [1.54, 1.807) is 11.3 Å². The number of rotatable bonds is 2. The molecular formula is C15H18BrNO2S. The maximum Gasteiger partial charge on any atom is 0.230 e. The van der Waals surface area contributed by atoms with Crippen molar-refractivity contribution in [3.8, 4) is 0 Å². The van der Waals surface area contributed by atoms with Crippen molar-refractivity contribution in [3.63, 3.8) is 0 Å². The lowest BCUT2D eigenvalue weighted by Gasteiger charge is -2.33. The number of aryl methyl sites for hydroxylation is 1. The number of halogens is 1. The first kappa shape index (κ1) is 14.3. The van der Waals surface area contributed by atoms with E-state index in [9.17, 15) is 9.59 Å². The summed E-state index contributed by atoms with van der Waals surface area (Å²) in [6.45, 7) is 2.06. The summed E-state index contributed by atoms with van der Waals surface area (Å²) in [5.74, 6) is 0.292. The van der Waals surface area contributed by atoms with Crippen molar-refractivity contribution in [2.45, 2.75) is 44.9 Å². The molecule has 2 fully saturated rings. The van der Waals surface area contributed by atoms with Crippen LogP contribution in [0.4, 0.5) is 0 Å². The van der Waals surface area contributed by atoms with Crippen LogP contribution in [0, 0.1) is 18.8 Å². The van der Waals surface area contributed by atoms with Gasteiger partial charge >= 0.3 is 0 Å². The molecule has 0 aromatic carbocycles. The summed E-state index contributed by atoms with van der Waals surface area (Å²) >= 11 is 5.25. The van der Waals surface area contributed by atoms with Crippen molar-refractivity contribution in [2.24, 2.45) is 11.8 Å². The molecule has 1 N–H and O–H groups in total. The van der Waals surface area contributed by atoms with Crippen molar-refractivity contribution in [3.05, 3.63) is 20.3 Å². The number of carbonyl (C=O) groups excluding carboxylic acids is 2. The third kappa shape index (κ3) is 2.58. The van der Waals surface area contributed by atoms with E-state index in [1.807, 2.05) is 0 Å². The van der Waals surface area contributed by atoms with Gasteiger partial charge < -0.3 is 0 Å². The largest absolute Gasteiger partial charge is 0.296 e. The zero-order valence-corrected chi connectivity index (χ0v) is 13.9. The summed E-state index contributed by atoms with van der Waals surface area (Å²) in [5.41, 5.74) is 0. The number of nitrogens with one attached hydrogen (secondary N) is 1. The van der Waals surface area contributed by atoms with Crippen molar-refractivity contribution in [2.75, 3.05) is 0 Å². The molecule has 5 heteroatoms. The molecule has 20 heavy (non-hydrogen) atoms. The highest BCUT2D eigenvalue weighted by atomic mass is 79.9. The van der Waals surface area contributed by atoms with Crippen LogP contribution in [0.1, 0.15) is 47.8 Å². The Morgan fingerprint density at radius 3 is 2.60 bits per heavy atom. The van der Waals surface area contributed by atoms with Gasteiger partial charge in [0.05, 0.1) is 0 Å². The molecule has 2 atom stereocenters. The van der Waals surface area contributed by atoms with Gasteiger partial charge in [0.25, 0.3) is 0 Å². The van der Waals surface area contributed by atoms with Crippen LogP contribution in [0.5, 0.6) is 0 Å². The molecule has 1 aliphatic heterocycles. The smallest absolute Gasteiger partial charge is 0.230 e. The van der Waals surface area contributed by atoms with Gasteiger partial charge in [0, 0.05) is 32.5 Å². The van der Waals surface area contributed by atoms with Gasteiger partial charge in [-0.05, 0) is 47.7 Å². The molecule has 0 radical (unpaired) electrons. The second-order valence-electron chi connectivity index (χ2n) is 5.85. The standard InChI is InChI=1S/C15H18BrNO2S/c1-8-11(16)7-12(20-8)10-6-13(18)17-15(19)14(10)9-4-2-3-5-9/h7,9-10,14H,2-6H2,1H3,(H,17,18,19). The molecule has 0 spiro atoms. The van der Waals surface area contributed by atoms with Crippen LogP contribution in [0.2, 0.25) is 0 Å². The zero-order chi connectivity index (χ0) is 14.3. The maximum absolute atomic E-state index is 12.3. The fourth-order valence-electron chi connectivity index (χ4n) is 3.58.